The van der Waals surface area contributed by atoms with Gasteiger partial charge >= 0.3 is 0 Å². The van der Waals surface area contributed by atoms with Gasteiger partial charge in [0.2, 0.25) is 0 Å². The molecule has 0 aliphatic heterocycles. The molecule has 4 aromatic carbocycles. The number of hydrogen-bond donors (Lipinski definition) is 1. The predicted molar refractivity (Wildman–Crippen MR) is 136 cm³/mol. The lowest BCUT2D eigenvalue weighted by Gasteiger charge is -2.09. The molecule has 0 fully saturated rings. The van der Waals surface area contributed by atoms with E-state index in [2.05, 4.69) is 90.4 Å². The zero-order chi connectivity index (χ0) is 21.9. The second-order valence-corrected chi connectivity index (χ2v) is 7.96. The maximum absolute atomic E-state index is 6.40. The van der Waals surface area contributed by atoms with Crippen LogP contribution < -0.4 is 5.73 Å². The Hall–Kier alpha value is -4.11. The predicted octanol–water partition coefficient (Wildman–Crippen LogP) is 6.55. The van der Waals surface area contributed by atoms with Crippen molar-refractivity contribution < 1.29 is 0 Å². The molecule has 5 aromatic rings. The second kappa shape index (κ2) is 8.56. The van der Waals surface area contributed by atoms with E-state index in [0.29, 0.717) is 12.4 Å². The zero-order valence-corrected chi connectivity index (χ0v) is 18.1. The number of benzene rings is 4. The molecule has 3 heteroatoms. The Kier molecular flexibility index (Phi) is 5.30. The molecule has 0 saturated heterocycles. The summed E-state index contributed by atoms with van der Waals surface area (Å²) in [4.78, 5) is 4.85. The standard InChI is InChI=1S/C29H25N3/c1-21-15-17-22(18-16-21)26(31-29(30)23-9-3-2-4-10-23)19-20-32-27-13-7-5-11-24(27)25-12-6-8-14-28(25)32/h2-19H,20H2,1H3,(H2,30,31)/b26-19-. The summed E-state index contributed by atoms with van der Waals surface area (Å²) in [5, 5.41) is 2.53. The van der Waals surface area contributed by atoms with Crippen molar-refractivity contribution in [2.24, 2.45) is 10.7 Å². The van der Waals surface area contributed by atoms with E-state index in [1.807, 2.05) is 30.3 Å². The van der Waals surface area contributed by atoms with E-state index in [9.17, 15) is 0 Å². The number of nitrogens with zero attached hydrogens (tertiary/aromatic N) is 2. The smallest absolute Gasteiger partial charge is 0.131 e. The summed E-state index contributed by atoms with van der Waals surface area (Å²) in [6.45, 7) is 2.79. The van der Waals surface area contributed by atoms with Crippen LogP contribution in [-0.2, 0) is 6.54 Å². The first-order valence-electron chi connectivity index (χ1n) is 10.8. The number of fused-ring (bicyclic) bond motifs is 3. The van der Waals surface area contributed by atoms with Gasteiger partial charge in [-0.1, -0.05) is 96.6 Å². The van der Waals surface area contributed by atoms with Crippen molar-refractivity contribution >= 4 is 33.3 Å². The Labute approximate surface area is 188 Å². The topological polar surface area (TPSA) is 43.3 Å². The number of amidine groups is 1. The highest BCUT2D eigenvalue weighted by Crippen LogP contribution is 2.29. The van der Waals surface area contributed by atoms with Crippen molar-refractivity contribution in [2.75, 3.05) is 0 Å². The van der Waals surface area contributed by atoms with Gasteiger partial charge in [0.05, 0.1) is 5.70 Å². The van der Waals surface area contributed by atoms with Crippen LogP contribution >= 0.6 is 0 Å². The van der Waals surface area contributed by atoms with Gasteiger partial charge in [-0.3, -0.25) is 0 Å². The molecule has 3 nitrogen and oxygen atoms in total. The third kappa shape index (κ3) is 3.81. The van der Waals surface area contributed by atoms with Crippen LogP contribution in [0.3, 0.4) is 0 Å². The minimum atomic E-state index is 0.514. The highest BCUT2D eigenvalue weighted by molar-refractivity contribution is 6.08. The minimum absolute atomic E-state index is 0.514. The van der Waals surface area contributed by atoms with Crippen LogP contribution in [0.4, 0.5) is 0 Å². The summed E-state index contributed by atoms with van der Waals surface area (Å²) in [5.74, 6) is 0.514. The largest absolute Gasteiger partial charge is 0.383 e. The number of aryl methyl sites for hydroxylation is 1. The van der Waals surface area contributed by atoms with Crippen molar-refractivity contribution in [2.45, 2.75) is 13.5 Å². The summed E-state index contributed by atoms with van der Waals surface area (Å²) in [6, 6.07) is 35.4. The molecule has 0 amide bonds. The Morgan fingerprint density at radius 3 is 1.91 bits per heavy atom. The fourth-order valence-corrected chi connectivity index (χ4v) is 4.13. The molecule has 5 rings (SSSR count). The molecule has 1 heterocycles. The highest BCUT2D eigenvalue weighted by Gasteiger charge is 2.10. The molecule has 1 aromatic heterocycles. The average molecular weight is 416 g/mol. The SMILES string of the molecule is Cc1ccc(/C(=C/Cn2c3ccccc3c3ccccc32)N=C(N)c2ccccc2)cc1. The Balaban J connectivity index is 1.62. The highest BCUT2D eigenvalue weighted by atomic mass is 15.0. The van der Waals surface area contributed by atoms with E-state index < -0.39 is 0 Å². The second-order valence-electron chi connectivity index (χ2n) is 7.96. The van der Waals surface area contributed by atoms with E-state index in [-0.39, 0.29) is 0 Å². The number of hydrogen-bond acceptors (Lipinski definition) is 1. The normalized spacial score (nSPS) is 12.5. The first-order chi connectivity index (χ1) is 15.7. The van der Waals surface area contributed by atoms with Crippen LogP contribution in [0.1, 0.15) is 16.7 Å². The monoisotopic (exact) mass is 415 g/mol. The van der Waals surface area contributed by atoms with Crippen LogP contribution in [0.5, 0.6) is 0 Å². The van der Waals surface area contributed by atoms with E-state index in [1.165, 1.54) is 27.4 Å². The molecular formula is C29H25N3. The number of para-hydroxylation sites is 2. The maximum atomic E-state index is 6.40. The van der Waals surface area contributed by atoms with Crippen molar-refractivity contribution in [3.05, 3.63) is 126 Å². The van der Waals surface area contributed by atoms with Crippen molar-refractivity contribution in [1.82, 2.24) is 4.57 Å². The Morgan fingerprint density at radius 2 is 1.28 bits per heavy atom. The lowest BCUT2D eigenvalue weighted by atomic mass is 10.1. The van der Waals surface area contributed by atoms with Crippen molar-refractivity contribution in [3.8, 4) is 0 Å². The van der Waals surface area contributed by atoms with Crippen molar-refractivity contribution in [3.63, 3.8) is 0 Å². The van der Waals surface area contributed by atoms with E-state index >= 15 is 0 Å². The van der Waals surface area contributed by atoms with Gasteiger partial charge in [-0.15, -0.1) is 0 Å². The lowest BCUT2D eigenvalue weighted by molar-refractivity contribution is 0.899. The minimum Gasteiger partial charge on any atom is -0.383 e. The van der Waals surface area contributed by atoms with E-state index in [1.54, 1.807) is 0 Å². The Bertz CT molecular complexity index is 1390. The summed E-state index contributed by atoms with van der Waals surface area (Å²) in [6.07, 6.45) is 2.17. The molecule has 0 radical (unpaired) electrons. The number of aliphatic imine (C=N–C) groups is 1. The molecule has 0 aliphatic carbocycles. The summed E-state index contributed by atoms with van der Waals surface area (Å²) < 4.78 is 2.34. The van der Waals surface area contributed by atoms with Crippen LogP contribution in [0.2, 0.25) is 0 Å². The lowest BCUT2D eigenvalue weighted by Crippen LogP contribution is -2.13. The van der Waals surface area contributed by atoms with Gasteiger partial charge in [0, 0.05) is 33.9 Å². The van der Waals surface area contributed by atoms with Crippen molar-refractivity contribution in [1.29, 1.82) is 0 Å². The average Bonchev–Trinajstić information content (AvgIpc) is 3.16. The molecule has 0 bridgehead atoms. The van der Waals surface area contributed by atoms with E-state index in [4.69, 9.17) is 10.7 Å². The molecule has 0 aliphatic rings. The fourth-order valence-electron chi connectivity index (χ4n) is 4.13. The first kappa shape index (κ1) is 19.8. The summed E-state index contributed by atoms with van der Waals surface area (Å²) >= 11 is 0. The quantitative estimate of drug-likeness (QED) is 0.257. The molecule has 2 N–H and O–H groups in total. The fraction of sp³-hybridized carbons (Fsp3) is 0.0690. The summed E-state index contributed by atoms with van der Waals surface area (Å²) in [7, 11) is 0. The van der Waals surface area contributed by atoms with Gasteiger partial charge in [0.1, 0.15) is 5.84 Å². The van der Waals surface area contributed by atoms with Gasteiger partial charge < -0.3 is 10.3 Å². The van der Waals surface area contributed by atoms with E-state index in [0.717, 1.165) is 16.8 Å². The van der Waals surface area contributed by atoms with Gasteiger partial charge in [-0.2, -0.15) is 0 Å². The molecular weight excluding hydrogens is 390 g/mol. The molecule has 0 unspecified atom stereocenters. The third-order valence-corrected chi connectivity index (χ3v) is 5.80. The Morgan fingerprint density at radius 1 is 0.719 bits per heavy atom. The number of rotatable bonds is 5. The first-order valence-corrected chi connectivity index (χ1v) is 10.8. The molecule has 0 saturated carbocycles. The van der Waals surface area contributed by atoms with Crippen LogP contribution in [0.15, 0.2) is 114 Å². The maximum Gasteiger partial charge on any atom is 0.131 e. The van der Waals surface area contributed by atoms with Gasteiger partial charge in [-0.25, -0.2) is 4.99 Å². The summed E-state index contributed by atoms with van der Waals surface area (Å²) in [5.41, 5.74) is 12.9. The van der Waals surface area contributed by atoms with Gasteiger partial charge in [0.25, 0.3) is 0 Å². The number of aromatic nitrogens is 1. The van der Waals surface area contributed by atoms with Gasteiger partial charge in [0.15, 0.2) is 0 Å². The molecule has 0 atom stereocenters. The third-order valence-electron chi connectivity index (χ3n) is 5.80. The molecule has 0 spiro atoms. The van der Waals surface area contributed by atoms with Crippen LogP contribution in [0, 0.1) is 6.92 Å². The number of allylic oxidation sites excluding steroid dienone is 1. The van der Waals surface area contributed by atoms with Gasteiger partial charge in [-0.05, 0) is 30.7 Å². The number of nitrogens with two attached hydrogens (primary N) is 1. The molecule has 32 heavy (non-hydrogen) atoms. The molecule has 156 valence electrons. The van der Waals surface area contributed by atoms with Crippen LogP contribution in [0.25, 0.3) is 27.5 Å². The van der Waals surface area contributed by atoms with Crippen LogP contribution in [-0.4, -0.2) is 10.4 Å². The zero-order valence-electron chi connectivity index (χ0n) is 18.1.